The molecule has 1 saturated heterocycles. The maximum absolute atomic E-state index is 11.9. The van der Waals surface area contributed by atoms with Gasteiger partial charge in [0, 0.05) is 20.0 Å². The number of piperidine rings is 1. The molecule has 1 rings (SSSR count). The minimum atomic E-state index is 0.239. The molecule has 1 fully saturated rings. The van der Waals surface area contributed by atoms with E-state index in [0.717, 1.165) is 25.4 Å². The summed E-state index contributed by atoms with van der Waals surface area (Å²) in [5.41, 5.74) is 0. The Morgan fingerprint density at radius 2 is 2.06 bits per heavy atom. The average molecular weight is 256 g/mol. The average Bonchev–Trinajstić information content (AvgIpc) is 2.36. The smallest absolute Gasteiger partial charge is 0.222 e. The van der Waals surface area contributed by atoms with Crippen molar-refractivity contribution in [2.45, 2.75) is 45.6 Å². The summed E-state index contributed by atoms with van der Waals surface area (Å²) in [4.78, 5) is 13.7. The first kappa shape index (κ1) is 15.4. The zero-order chi connectivity index (χ0) is 13.4. The molecule has 0 saturated carbocycles. The lowest BCUT2D eigenvalue weighted by Gasteiger charge is -2.23. The Balaban J connectivity index is 2.10. The van der Waals surface area contributed by atoms with E-state index >= 15 is 0 Å². The van der Waals surface area contributed by atoms with Gasteiger partial charge in [0.05, 0.1) is 12.7 Å². The monoisotopic (exact) mass is 256 g/mol. The molecule has 0 bridgehead atoms. The van der Waals surface area contributed by atoms with Crippen molar-refractivity contribution in [1.29, 1.82) is 0 Å². The third-order valence-corrected chi connectivity index (χ3v) is 3.53. The second kappa shape index (κ2) is 8.48. The summed E-state index contributed by atoms with van der Waals surface area (Å²) in [6.45, 7) is 7.57. The van der Waals surface area contributed by atoms with Crippen LogP contribution in [0, 0.1) is 5.92 Å². The van der Waals surface area contributed by atoms with Gasteiger partial charge >= 0.3 is 0 Å². The standard InChI is InChI=1S/C14H28N2O2/c1-12(2)18-11-10-16(3)14(17)5-4-13-6-8-15-9-7-13/h12-13,15H,4-11H2,1-3H3. The highest BCUT2D eigenvalue weighted by Gasteiger charge is 2.16. The third-order valence-electron chi connectivity index (χ3n) is 3.53. The van der Waals surface area contributed by atoms with E-state index < -0.39 is 0 Å². The van der Waals surface area contributed by atoms with Crippen LogP contribution in [0.3, 0.4) is 0 Å². The zero-order valence-electron chi connectivity index (χ0n) is 12.1. The molecule has 1 aliphatic heterocycles. The molecule has 1 amide bonds. The second-order valence-corrected chi connectivity index (χ2v) is 5.47. The fourth-order valence-corrected chi connectivity index (χ4v) is 2.24. The number of amides is 1. The van der Waals surface area contributed by atoms with Gasteiger partial charge in [0.2, 0.25) is 5.91 Å². The fourth-order valence-electron chi connectivity index (χ4n) is 2.24. The highest BCUT2D eigenvalue weighted by molar-refractivity contribution is 5.75. The summed E-state index contributed by atoms with van der Waals surface area (Å²) in [6.07, 6.45) is 4.39. The summed E-state index contributed by atoms with van der Waals surface area (Å²) in [7, 11) is 1.87. The summed E-state index contributed by atoms with van der Waals surface area (Å²) >= 11 is 0. The Hall–Kier alpha value is -0.610. The summed E-state index contributed by atoms with van der Waals surface area (Å²) in [5, 5.41) is 3.35. The van der Waals surface area contributed by atoms with Gasteiger partial charge in [0.1, 0.15) is 0 Å². The largest absolute Gasteiger partial charge is 0.377 e. The van der Waals surface area contributed by atoms with E-state index in [0.29, 0.717) is 19.6 Å². The topological polar surface area (TPSA) is 41.6 Å². The predicted octanol–water partition coefficient (Wildman–Crippen LogP) is 1.65. The van der Waals surface area contributed by atoms with Crippen molar-refractivity contribution >= 4 is 5.91 Å². The van der Waals surface area contributed by atoms with E-state index in [4.69, 9.17) is 4.74 Å². The van der Waals surface area contributed by atoms with E-state index in [1.165, 1.54) is 12.8 Å². The number of hydrogen-bond donors (Lipinski definition) is 1. The van der Waals surface area contributed by atoms with Crippen molar-refractivity contribution in [2.75, 3.05) is 33.3 Å². The fraction of sp³-hybridized carbons (Fsp3) is 0.929. The summed E-state index contributed by atoms with van der Waals surface area (Å²) < 4.78 is 5.45. The molecule has 0 unspecified atom stereocenters. The molecule has 0 spiro atoms. The Morgan fingerprint density at radius 3 is 2.67 bits per heavy atom. The van der Waals surface area contributed by atoms with E-state index in [9.17, 15) is 4.79 Å². The van der Waals surface area contributed by atoms with Crippen molar-refractivity contribution < 1.29 is 9.53 Å². The van der Waals surface area contributed by atoms with E-state index in [1.54, 1.807) is 4.90 Å². The molecule has 0 aromatic rings. The van der Waals surface area contributed by atoms with Crippen molar-refractivity contribution in [2.24, 2.45) is 5.92 Å². The second-order valence-electron chi connectivity index (χ2n) is 5.47. The van der Waals surface area contributed by atoms with E-state index in [-0.39, 0.29) is 12.0 Å². The van der Waals surface area contributed by atoms with Crippen LogP contribution >= 0.6 is 0 Å². The minimum absolute atomic E-state index is 0.239. The van der Waals surface area contributed by atoms with Crippen molar-refractivity contribution in [3.63, 3.8) is 0 Å². The maximum Gasteiger partial charge on any atom is 0.222 e. The van der Waals surface area contributed by atoms with Gasteiger partial charge in [-0.05, 0) is 52.1 Å². The lowest BCUT2D eigenvalue weighted by atomic mass is 9.93. The van der Waals surface area contributed by atoms with Crippen molar-refractivity contribution in [1.82, 2.24) is 10.2 Å². The normalized spacial score (nSPS) is 17.1. The van der Waals surface area contributed by atoms with Crippen LogP contribution in [0.2, 0.25) is 0 Å². The number of carbonyl (C=O) groups is 1. The van der Waals surface area contributed by atoms with Crippen molar-refractivity contribution in [3.8, 4) is 0 Å². The lowest BCUT2D eigenvalue weighted by molar-refractivity contribution is -0.131. The number of carbonyl (C=O) groups excluding carboxylic acids is 1. The molecular formula is C14H28N2O2. The van der Waals surface area contributed by atoms with Crippen LogP contribution in [-0.2, 0) is 9.53 Å². The first-order valence-corrected chi connectivity index (χ1v) is 7.16. The van der Waals surface area contributed by atoms with Crippen LogP contribution < -0.4 is 5.32 Å². The van der Waals surface area contributed by atoms with Gasteiger partial charge < -0.3 is 15.0 Å². The van der Waals surface area contributed by atoms with Gasteiger partial charge in [-0.1, -0.05) is 0 Å². The third kappa shape index (κ3) is 6.36. The molecule has 4 nitrogen and oxygen atoms in total. The van der Waals surface area contributed by atoms with Crippen LogP contribution in [-0.4, -0.2) is 50.2 Å². The highest BCUT2D eigenvalue weighted by Crippen LogP contribution is 2.18. The molecule has 0 aromatic heterocycles. The van der Waals surface area contributed by atoms with Gasteiger partial charge in [0.25, 0.3) is 0 Å². The molecule has 0 atom stereocenters. The molecule has 0 radical (unpaired) electrons. The van der Waals surface area contributed by atoms with Crippen LogP contribution in [0.1, 0.15) is 39.5 Å². The Kier molecular flexibility index (Phi) is 7.28. The van der Waals surface area contributed by atoms with Crippen LogP contribution in [0.4, 0.5) is 0 Å². The van der Waals surface area contributed by atoms with Crippen molar-refractivity contribution in [3.05, 3.63) is 0 Å². The van der Waals surface area contributed by atoms with Gasteiger partial charge in [-0.3, -0.25) is 4.79 Å². The molecule has 0 aromatic carbocycles. The van der Waals surface area contributed by atoms with E-state index in [2.05, 4.69) is 5.32 Å². The molecule has 1 aliphatic rings. The summed E-state index contributed by atoms with van der Waals surface area (Å²) in [5.74, 6) is 0.983. The zero-order valence-corrected chi connectivity index (χ0v) is 12.1. The van der Waals surface area contributed by atoms with Crippen LogP contribution in [0.25, 0.3) is 0 Å². The van der Waals surface area contributed by atoms with E-state index in [1.807, 2.05) is 20.9 Å². The van der Waals surface area contributed by atoms with Crippen LogP contribution in [0.15, 0.2) is 0 Å². The van der Waals surface area contributed by atoms with Gasteiger partial charge in [-0.25, -0.2) is 0 Å². The quantitative estimate of drug-likeness (QED) is 0.753. The van der Waals surface area contributed by atoms with Crippen LogP contribution in [0.5, 0.6) is 0 Å². The van der Waals surface area contributed by atoms with Gasteiger partial charge in [-0.2, -0.15) is 0 Å². The SMILES string of the molecule is CC(C)OCCN(C)C(=O)CCC1CCNCC1. The molecule has 18 heavy (non-hydrogen) atoms. The number of likely N-dealkylation sites (N-methyl/N-ethyl adjacent to an activating group) is 1. The minimum Gasteiger partial charge on any atom is -0.377 e. The predicted molar refractivity (Wildman–Crippen MR) is 73.6 cm³/mol. The molecule has 106 valence electrons. The maximum atomic E-state index is 11.9. The molecule has 4 heteroatoms. The lowest BCUT2D eigenvalue weighted by Crippen LogP contribution is -2.32. The Bertz CT molecular complexity index is 238. The number of nitrogens with zero attached hydrogens (tertiary/aromatic N) is 1. The molecule has 0 aliphatic carbocycles. The Morgan fingerprint density at radius 1 is 1.39 bits per heavy atom. The number of hydrogen-bond acceptors (Lipinski definition) is 3. The number of ether oxygens (including phenoxy) is 1. The van der Waals surface area contributed by atoms with Gasteiger partial charge in [0.15, 0.2) is 0 Å². The summed E-state index contributed by atoms with van der Waals surface area (Å²) in [6, 6.07) is 0. The van der Waals surface area contributed by atoms with Gasteiger partial charge in [-0.15, -0.1) is 0 Å². The molecule has 1 heterocycles. The Labute approximate surface area is 111 Å². The first-order chi connectivity index (χ1) is 8.59. The highest BCUT2D eigenvalue weighted by atomic mass is 16.5. The molecule has 1 N–H and O–H groups in total. The molecular weight excluding hydrogens is 228 g/mol. The number of nitrogens with one attached hydrogen (secondary N) is 1. The first-order valence-electron chi connectivity index (χ1n) is 7.16. The number of rotatable bonds is 7.